The summed E-state index contributed by atoms with van der Waals surface area (Å²) in [6.45, 7) is 2.72. The predicted molar refractivity (Wildman–Crippen MR) is 79.8 cm³/mol. The van der Waals surface area contributed by atoms with Gasteiger partial charge in [-0.15, -0.1) is 0 Å². The number of hydrogen-bond acceptors (Lipinski definition) is 2. The van der Waals surface area contributed by atoms with Crippen LogP contribution < -0.4 is 5.73 Å². The highest BCUT2D eigenvalue weighted by molar-refractivity contribution is 5.83. The molecule has 0 atom stereocenters. The third-order valence-corrected chi connectivity index (χ3v) is 3.41. The first-order chi connectivity index (χ1) is 10.1. The molecule has 2 N–H and O–H groups in total. The van der Waals surface area contributed by atoms with E-state index >= 15 is 0 Å². The van der Waals surface area contributed by atoms with Crippen LogP contribution in [0.2, 0.25) is 0 Å². The molecular formula is C16H15F2N3. The number of aryl methyl sites for hydroxylation is 1. The number of halogens is 2. The molecule has 0 aliphatic rings. The summed E-state index contributed by atoms with van der Waals surface area (Å²) in [4.78, 5) is 4.53. The van der Waals surface area contributed by atoms with Gasteiger partial charge in [0.15, 0.2) is 0 Å². The van der Waals surface area contributed by atoms with Gasteiger partial charge < -0.3 is 10.3 Å². The highest BCUT2D eigenvalue weighted by Gasteiger charge is 2.15. The molecule has 3 nitrogen and oxygen atoms in total. The first-order valence-electron chi connectivity index (χ1n) is 6.81. The molecular weight excluding hydrogens is 272 g/mol. The van der Waals surface area contributed by atoms with Crippen molar-refractivity contribution in [1.29, 1.82) is 0 Å². The molecule has 0 saturated carbocycles. The van der Waals surface area contributed by atoms with Crippen LogP contribution in [0.25, 0.3) is 22.4 Å². The number of nitrogens with zero attached hydrogens (tertiary/aromatic N) is 2. The molecule has 3 rings (SSSR count). The fraction of sp³-hybridized carbons (Fsp3) is 0.188. The van der Waals surface area contributed by atoms with Gasteiger partial charge in [-0.3, -0.25) is 0 Å². The quantitative estimate of drug-likeness (QED) is 0.741. The lowest BCUT2D eigenvalue weighted by Crippen LogP contribution is -2.02. The lowest BCUT2D eigenvalue weighted by atomic mass is 10.1. The van der Waals surface area contributed by atoms with Crippen LogP contribution in [0.1, 0.15) is 13.3 Å². The molecule has 0 fully saturated rings. The molecule has 2 aromatic carbocycles. The minimum Gasteiger partial charge on any atom is -0.398 e. The molecule has 0 radical (unpaired) electrons. The van der Waals surface area contributed by atoms with Crippen LogP contribution in [0.4, 0.5) is 14.5 Å². The van der Waals surface area contributed by atoms with Crippen LogP contribution in [0.15, 0.2) is 36.4 Å². The zero-order valence-corrected chi connectivity index (χ0v) is 11.6. The van der Waals surface area contributed by atoms with Gasteiger partial charge in [0.2, 0.25) is 0 Å². The Labute approximate surface area is 121 Å². The first-order valence-corrected chi connectivity index (χ1v) is 6.81. The molecule has 0 unspecified atom stereocenters. The number of fused-ring (bicyclic) bond motifs is 1. The van der Waals surface area contributed by atoms with Crippen LogP contribution in [-0.2, 0) is 6.54 Å². The van der Waals surface area contributed by atoms with Crippen LogP contribution >= 0.6 is 0 Å². The maximum atomic E-state index is 13.5. The fourth-order valence-electron chi connectivity index (χ4n) is 2.49. The zero-order chi connectivity index (χ0) is 15.0. The summed E-state index contributed by atoms with van der Waals surface area (Å²) in [7, 11) is 0. The molecule has 1 heterocycles. The van der Waals surface area contributed by atoms with Crippen molar-refractivity contribution in [3.05, 3.63) is 48.0 Å². The Bertz CT molecular complexity index is 809. The topological polar surface area (TPSA) is 43.8 Å². The second-order valence-corrected chi connectivity index (χ2v) is 4.95. The van der Waals surface area contributed by atoms with Gasteiger partial charge in [0, 0.05) is 17.8 Å². The van der Waals surface area contributed by atoms with Gasteiger partial charge in [-0.25, -0.2) is 13.8 Å². The highest BCUT2D eigenvalue weighted by Crippen LogP contribution is 2.30. The predicted octanol–water partition coefficient (Wildman–Crippen LogP) is 3.97. The van der Waals surface area contributed by atoms with Gasteiger partial charge in [-0.05, 0) is 42.8 Å². The normalized spacial score (nSPS) is 11.2. The summed E-state index contributed by atoms with van der Waals surface area (Å²) >= 11 is 0. The molecule has 0 aliphatic carbocycles. The summed E-state index contributed by atoms with van der Waals surface area (Å²) in [6.07, 6.45) is 0.871. The van der Waals surface area contributed by atoms with E-state index in [1.165, 1.54) is 24.3 Å². The van der Waals surface area contributed by atoms with Crippen molar-refractivity contribution in [3.63, 3.8) is 0 Å². The molecule has 0 spiro atoms. The van der Waals surface area contributed by atoms with E-state index in [2.05, 4.69) is 4.98 Å². The van der Waals surface area contributed by atoms with E-state index in [0.717, 1.165) is 11.9 Å². The Balaban J connectivity index is 2.28. The van der Waals surface area contributed by atoms with E-state index in [-0.39, 0.29) is 11.6 Å². The molecule has 0 amide bonds. The number of hydrogen-bond donors (Lipinski definition) is 1. The molecule has 0 bridgehead atoms. The number of imidazole rings is 1. The largest absolute Gasteiger partial charge is 0.398 e. The maximum absolute atomic E-state index is 13.5. The minimum absolute atomic E-state index is 0.307. The highest BCUT2D eigenvalue weighted by atomic mass is 19.1. The van der Waals surface area contributed by atoms with E-state index in [1.54, 1.807) is 12.1 Å². The second-order valence-electron chi connectivity index (χ2n) is 4.95. The first kappa shape index (κ1) is 13.5. The van der Waals surface area contributed by atoms with Crippen molar-refractivity contribution in [2.75, 3.05) is 5.73 Å². The number of rotatable bonds is 3. The molecule has 0 aliphatic heterocycles. The summed E-state index contributed by atoms with van der Waals surface area (Å²) in [5.41, 5.74) is 8.30. The van der Waals surface area contributed by atoms with Crippen molar-refractivity contribution in [1.82, 2.24) is 9.55 Å². The Kier molecular flexibility index (Phi) is 3.33. The molecule has 108 valence electrons. The summed E-state index contributed by atoms with van der Waals surface area (Å²) in [5.74, 6) is -0.0613. The molecule has 21 heavy (non-hydrogen) atoms. The van der Waals surface area contributed by atoms with Gasteiger partial charge in [0.25, 0.3) is 0 Å². The van der Waals surface area contributed by atoms with E-state index in [1.807, 2.05) is 11.5 Å². The number of anilines is 1. The fourth-order valence-corrected chi connectivity index (χ4v) is 2.49. The summed E-state index contributed by atoms with van der Waals surface area (Å²) < 4.78 is 28.6. The summed E-state index contributed by atoms with van der Waals surface area (Å²) in [6, 6.07) is 8.70. The third-order valence-electron chi connectivity index (χ3n) is 3.41. The van der Waals surface area contributed by atoms with E-state index < -0.39 is 0 Å². The number of benzene rings is 2. The van der Waals surface area contributed by atoms with Gasteiger partial charge in [-0.2, -0.15) is 0 Å². The number of nitrogens with two attached hydrogens (primary N) is 1. The van der Waals surface area contributed by atoms with Crippen LogP contribution in [-0.4, -0.2) is 9.55 Å². The second kappa shape index (κ2) is 5.16. The molecule has 3 aromatic rings. The van der Waals surface area contributed by atoms with Crippen LogP contribution in [0.5, 0.6) is 0 Å². The van der Waals surface area contributed by atoms with Crippen LogP contribution in [0, 0.1) is 11.6 Å². The lowest BCUT2D eigenvalue weighted by molar-refractivity contribution is 0.627. The SMILES string of the molecule is CCCn1c(-c2ccc(F)cc2N)nc2ccc(F)cc21. The van der Waals surface area contributed by atoms with Crippen molar-refractivity contribution in [2.24, 2.45) is 0 Å². The number of nitrogen functional groups attached to an aromatic ring is 1. The Morgan fingerprint density at radius 3 is 2.52 bits per heavy atom. The summed E-state index contributed by atoms with van der Waals surface area (Å²) in [5, 5.41) is 0. The van der Waals surface area contributed by atoms with Crippen molar-refractivity contribution in [3.8, 4) is 11.4 Å². The lowest BCUT2D eigenvalue weighted by Gasteiger charge is -2.09. The average Bonchev–Trinajstić information content (AvgIpc) is 2.78. The van der Waals surface area contributed by atoms with E-state index in [0.29, 0.717) is 29.1 Å². The minimum atomic E-state index is -0.388. The van der Waals surface area contributed by atoms with Crippen molar-refractivity contribution < 1.29 is 8.78 Å². The van der Waals surface area contributed by atoms with Gasteiger partial charge >= 0.3 is 0 Å². The number of aromatic nitrogens is 2. The molecule has 1 aromatic heterocycles. The van der Waals surface area contributed by atoms with Crippen LogP contribution in [0.3, 0.4) is 0 Å². The van der Waals surface area contributed by atoms with Gasteiger partial charge in [0.1, 0.15) is 17.5 Å². The molecule has 0 saturated heterocycles. The van der Waals surface area contributed by atoms with Gasteiger partial charge in [-0.1, -0.05) is 6.92 Å². The Morgan fingerprint density at radius 1 is 1.10 bits per heavy atom. The Hall–Kier alpha value is -2.43. The standard InChI is InChI=1S/C16H15F2N3/c1-2-7-21-15-9-11(18)4-6-14(15)20-16(21)12-5-3-10(17)8-13(12)19/h3-6,8-9H,2,7,19H2,1H3. The smallest absolute Gasteiger partial charge is 0.143 e. The van der Waals surface area contributed by atoms with E-state index in [9.17, 15) is 8.78 Å². The zero-order valence-electron chi connectivity index (χ0n) is 11.6. The monoisotopic (exact) mass is 287 g/mol. The van der Waals surface area contributed by atoms with Crippen molar-refractivity contribution in [2.45, 2.75) is 19.9 Å². The Morgan fingerprint density at radius 2 is 1.81 bits per heavy atom. The molecule has 5 heteroatoms. The average molecular weight is 287 g/mol. The maximum Gasteiger partial charge on any atom is 0.143 e. The van der Waals surface area contributed by atoms with Gasteiger partial charge in [0.05, 0.1) is 11.0 Å². The third kappa shape index (κ3) is 2.35. The van der Waals surface area contributed by atoms with E-state index in [4.69, 9.17) is 5.73 Å². The van der Waals surface area contributed by atoms with Crippen molar-refractivity contribution >= 4 is 16.7 Å².